The van der Waals surface area contributed by atoms with Gasteiger partial charge in [0.05, 0.1) is 25.4 Å². The summed E-state index contributed by atoms with van der Waals surface area (Å²) in [4.78, 5) is 2.48. The van der Waals surface area contributed by atoms with E-state index in [1.165, 1.54) is 6.42 Å². The summed E-state index contributed by atoms with van der Waals surface area (Å²) in [6, 6.07) is 0.494. The summed E-state index contributed by atoms with van der Waals surface area (Å²) in [5.41, 5.74) is -0.0394. The highest BCUT2D eigenvalue weighted by Gasteiger charge is 2.22. The summed E-state index contributed by atoms with van der Waals surface area (Å²) in [5.74, 6) is 0. The van der Waals surface area contributed by atoms with Crippen molar-refractivity contribution >= 4 is 0 Å². The highest BCUT2D eigenvalue weighted by Crippen LogP contribution is 2.09. The van der Waals surface area contributed by atoms with Crippen LogP contribution in [0.5, 0.6) is 0 Å². The van der Waals surface area contributed by atoms with Crippen molar-refractivity contribution in [3.63, 3.8) is 0 Å². The van der Waals surface area contributed by atoms with E-state index in [1.807, 2.05) is 0 Å². The topological polar surface area (TPSA) is 33.7 Å². The van der Waals surface area contributed by atoms with E-state index in [2.05, 4.69) is 37.9 Å². The van der Waals surface area contributed by atoms with Crippen LogP contribution in [-0.4, -0.2) is 62.5 Å². The number of nitrogens with one attached hydrogen (secondary N) is 1. The Kier molecular flexibility index (Phi) is 7.15. The number of hydrogen-bond acceptors (Lipinski definition) is 4. The van der Waals surface area contributed by atoms with E-state index in [0.29, 0.717) is 6.04 Å². The van der Waals surface area contributed by atoms with Crippen molar-refractivity contribution in [3.05, 3.63) is 0 Å². The Balaban J connectivity index is 2.26. The van der Waals surface area contributed by atoms with Crippen LogP contribution in [0.4, 0.5) is 0 Å². The van der Waals surface area contributed by atoms with Crippen molar-refractivity contribution in [2.24, 2.45) is 0 Å². The average molecular weight is 258 g/mol. The lowest BCUT2D eigenvalue weighted by Crippen LogP contribution is -2.51. The van der Waals surface area contributed by atoms with Gasteiger partial charge in [0.25, 0.3) is 0 Å². The van der Waals surface area contributed by atoms with Crippen molar-refractivity contribution in [2.75, 3.05) is 46.0 Å². The number of morpholine rings is 1. The number of nitrogens with zero attached hydrogens (tertiary/aromatic N) is 1. The fourth-order valence-electron chi connectivity index (χ4n) is 2.09. The summed E-state index contributed by atoms with van der Waals surface area (Å²) in [6.07, 6.45) is 1.18. The van der Waals surface area contributed by atoms with E-state index in [4.69, 9.17) is 9.47 Å². The third-order valence-electron chi connectivity index (χ3n) is 3.07. The van der Waals surface area contributed by atoms with Crippen LogP contribution < -0.4 is 5.32 Å². The number of ether oxygens (including phenoxy) is 2. The summed E-state index contributed by atoms with van der Waals surface area (Å²) in [7, 11) is 0. The van der Waals surface area contributed by atoms with Crippen molar-refractivity contribution in [1.29, 1.82) is 0 Å². The second-order valence-electron chi connectivity index (χ2n) is 5.93. The van der Waals surface area contributed by atoms with Gasteiger partial charge in [-0.3, -0.25) is 4.90 Å². The molecule has 1 atom stereocenters. The van der Waals surface area contributed by atoms with Gasteiger partial charge in [-0.25, -0.2) is 0 Å². The van der Waals surface area contributed by atoms with Crippen LogP contribution in [0.2, 0.25) is 0 Å². The van der Waals surface area contributed by atoms with Gasteiger partial charge in [-0.05, 0) is 33.7 Å². The molecule has 18 heavy (non-hydrogen) atoms. The molecule has 1 N–H and O–H groups in total. The highest BCUT2D eigenvalue weighted by atomic mass is 16.5. The van der Waals surface area contributed by atoms with Crippen molar-refractivity contribution in [1.82, 2.24) is 10.2 Å². The molecule has 0 aromatic rings. The smallest absolute Gasteiger partial charge is 0.0634 e. The second kappa shape index (κ2) is 8.10. The van der Waals surface area contributed by atoms with Gasteiger partial charge in [-0.1, -0.05) is 6.92 Å². The van der Waals surface area contributed by atoms with Gasteiger partial charge in [0.15, 0.2) is 0 Å². The van der Waals surface area contributed by atoms with Gasteiger partial charge >= 0.3 is 0 Å². The van der Waals surface area contributed by atoms with Gasteiger partial charge in [0.1, 0.15) is 0 Å². The zero-order valence-corrected chi connectivity index (χ0v) is 12.5. The third-order valence-corrected chi connectivity index (χ3v) is 3.07. The quantitative estimate of drug-likeness (QED) is 0.702. The normalized spacial score (nSPS) is 22.3. The lowest BCUT2D eigenvalue weighted by Gasteiger charge is -2.36. The van der Waals surface area contributed by atoms with Gasteiger partial charge in [-0.2, -0.15) is 0 Å². The Morgan fingerprint density at radius 1 is 1.39 bits per heavy atom. The molecule has 1 unspecified atom stereocenters. The first-order valence-electron chi connectivity index (χ1n) is 7.19. The molecular weight excluding hydrogens is 228 g/mol. The second-order valence-corrected chi connectivity index (χ2v) is 5.93. The fourth-order valence-corrected chi connectivity index (χ4v) is 2.09. The van der Waals surface area contributed by atoms with Crippen LogP contribution in [0.15, 0.2) is 0 Å². The molecule has 4 nitrogen and oxygen atoms in total. The Bertz CT molecular complexity index is 216. The molecule has 1 aliphatic rings. The minimum atomic E-state index is -0.0394. The van der Waals surface area contributed by atoms with Crippen LogP contribution in [-0.2, 0) is 9.47 Å². The maximum Gasteiger partial charge on any atom is 0.0634 e. The molecule has 108 valence electrons. The molecule has 0 amide bonds. The summed E-state index contributed by atoms with van der Waals surface area (Å²) < 4.78 is 11.4. The molecule has 1 fully saturated rings. The minimum absolute atomic E-state index is 0.0394. The van der Waals surface area contributed by atoms with Crippen LogP contribution in [0.3, 0.4) is 0 Å². The monoisotopic (exact) mass is 258 g/mol. The predicted molar refractivity (Wildman–Crippen MR) is 75.0 cm³/mol. The Hall–Kier alpha value is -0.160. The molecular formula is C14H30N2O2. The van der Waals surface area contributed by atoms with E-state index in [1.54, 1.807) is 0 Å². The van der Waals surface area contributed by atoms with Gasteiger partial charge < -0.3 is 14.8 Å². The first kappa shape index (κ1) is 15.9. The molecule has 0 spiro atoms. The molecule has 0 bridgehead atoms. The molecule has 0 aromatic heterocycles. The number of rotatable bonds is 7. The maximum atomic E-state index is 5.80. The molecule has 1 heterocycles. The van der Waals surface area contributed by atoms with Crippen molar-refractivity contribution < 1.29 is 9.47 Å². The van der Waals surface area contributed by atoms with E-state index in [-0.39, 0.29) is 5.60 Å². The molecule has 0 aromatic carbocycles. The number of hydrogen-bond donors (Lipinski definition) is 1. The minimum Gasteiger partial charge on any atom is -0.378 e. The first-order valence-corrected chi connectivity index (χ1v) is 7.19. The Morgan fingerprint density at radius 3 is 2.83 bits per heavy atom. The highest BCUT2D eigenvalue weighted by molar-refractivity contribution is 4.77. The van der Waals surface area contributed by atoms with Crippen LogP contribution in [0.25, 0.3) is 0 Å². The molecule has 0 aliphatic carbocycles. The lowest BCUT2D eigenvalue weighted by atomic mass is 10.2. The standard InChI is InChI=1S/C14H30N2O2/c1-5-6-15-11-13-12-17-9-7-16(13)8-10-18-14(2,3)4/h13,15H,5-12H2,1-4H3. The van der Waals surface area contributed by atoms with Crippen molar-refractivity contribution in [3.8, 4) is 0 Å². The molecule has 1 rings (SSSR count). The predicted octanol–water partition coefficient (Wildman–Crippen LogP) is 1.50. The van der Waals surface area contributed by atoms with Crippen LogP contribution in [0, 0.1) is 0 Å². The summed E-state index contributed by atoms with van der Waals surface area (Å²) >= 11 is 0. The summed E-state index contributed by atoms with van der Waals surface area (Å²) in [5, 5.41) is 3.48. The molecule has 0 saturated carbocycles. The lowest BCUT2D eigenvalue weighted by molar-refractivity contribution is -0.0472. The van der Waals surface area contributed by atoms with E-state index in [9.17, 15) is 0 Å². The molecule has 1 aliphatic heterocycles. The van der Waals surface area contributed by atoms with E-state index in [0.717, 1.165) is 46.0 Å². The van der Waals surface area contributed by atoms with Crippen molar-refractivity contribution in [2.45, 2.75) is 45.8 Å². The Labute approximate surface area is 112 Å². The van der Waals surface area contributed by atoms with Crippen LogP contribution in [0.1, 0.15) is 34.1 Å². The largest absolute Gasteiger partial charge is 0.378 e. The molecule has 1 saturated heterocycles. The zero-order valence-electron chi connectivity index (χ0n) is 12.5. The zero-order chi connectivity index (χ0) is 13.4. The van der Waals surface area contributed by atoms with Gasteiger partial charge in [0.2, 0.25) is 0 Å². The third kappa shape index (κ3) is 6.69. The first-order chi connectivity index (χ1) is 8.53. The van der Waals surface area contributed by atoms with Gasteiger partial charge in [-0.15, -0.1) is 0 Å². The van der Waals surface area contributed by atoms with Gasteiger partial charge in [0, 0.05) is 25.7 Å². The average Bonchev–Trinajstić information content (AvgIpc) is 2.30. The Morgan fingerprint density at radius 2 is 2.17 bits per heavy atom. The SMILES string of the molecule is CCCNCC1COCCN1CCOC(C)(C)C. The summed E-state index contributed by atoms with van der Waals surface area (Å²) in [6.45, 7) is 15.1. The van der Waals surface area contributed by atoms with Crippen LogP contribution >= 0.6 is 0 Å². The maximum absolute atomic E-state index is 5.80. The van der Waals surface area contributed by atoms with E-state index >= 15 is 0 Å². The fraction of sp³-hybridized carbons (Fsp3) is 1.00. The molecule has 0 radical (unpaired) electrons. The van der Waals surface area contributed by atoms with E-state index < -0.39 is 0 Å². The molecule has 4 heteroatoms.